The minimum absolute atomic E-state index is 0.0617. The molecule has 0 N–H and O–H groups in total. The second-order valence-electron chi connectivity index (χ2n) is 4.51. The Hall–Kier alpha value is -2.56. The number of non-ortho nitro benzene ring substituents is 1. The van der Waals surface area contributed by atoms with E-state index in [2.05, 4.69) is 0 Å². The molecule has 0 saturated heterocycles. The number of ether oxygens (including phenoxy) is 2. The number of nitro benzene ring substituents is 1. The van der Waals surface area contributed by atoms with Crippen LogP contribution >= 0.6 is 0 Å². The van der Waals surface area contributed by atoms with Crippen LogP contribution in [-0.4, -0.2) is 11.5 Å². The molecule has 2 rings (SSSR count). The van der Waals surface area contributed by atoms with Gasteiger partial charge in [-0.3, -0.25) is 10.1 Å². The van der Waals surface area contributed by atoms with E-state index in [1.165, 1.54) is 12.1 Å². The second-order valence-corrected chi connectivity index (χ2v) is 4.51. The third-order valence-corrected chi connectivity index (χ3v) is 2.83. The van der Waals surface area contributed by atoms with Crippen LogP contribution in [0.25, 0.3) is 0 Å². The van der Waals surface area contributed by atoms with Crippen molar-refractivity contribution in [2.24, 2.45) is 0 Å². The van der Waals surface area contributed by atoms with Gasteiger partial charge >= 0.3 is 0 Å². The summed E-state index contributed by atoms with van der Waals surface area (Å²) < 4.78 is 11.3. The molecule has 5 heteroatoms. The molecule has 21 heavy (non-hydrogen) atoms. The molecule has 0 heterocycles. The van der Waals surface area contributed by atoms with E-state index in [0.29, 0.717) is 18.1 Å². The Labute approximate surface area is 123 Å². The zero-order valence-corrected chi connectivity index (χ0v) is 11.8. The van der Waals surface area contributed by atoms with Crippen molar-refractivity contribution in [2.45, 2.75) is 20.0 Å². The van der Waals surface area contributed by atoms with Crippen molar-refractivity contribution in [3.05, 3.63) is 64.2 Å². The van der Waals surface area contributed by atoms with Crippen LogP contribution in [0.4, 0.5) is 5.69 Å². The summed E-state index contributed by atoms with van der Waals surface area (Å²) in [6.07, 6.45) is 0.916. The van der Waals surface area contributed by atoms with Crippen molar-refractivity contribution < 1.29 is 14.4 Å². The Morgan fingerprint density at radius 1 is 1.05 bits per heavy atom. The number of para-hydroxylation sites is 2. The summed E-state index contributed by atoms with van der Waals surface area (Å²) in [4.78, 5) is 10.3. The zero-order valence-electron chi connectivity index (χ0n) is 11.8. The van der Waals surface area contributed by atoms with Gasteiger partial charge in [-0.2, -0.15) is 0 Å². The molecule has 5 nitrogen and oxygen atoms in total. The van der Waals surface area contributed by atoms with Crippen LogP contribution in [0.3, 0.4) is 0 Å². The first-order valence-electron chi connectivity index (χ1n) is 6.78. The zero-order chi connectivity index (χ0) is 15.1. The normalized spacial score (nSPS) is 10.1. The molecule has 0 atom stereocenters. The second kappa shape index (κ2) is 7.28. The fourth-order valence-electron chi connectivity index (χ4n) is 1.82. The summed E-state index contributed by atoms with van der Waals surface area (Å²) in [6, 6.07) is 13.8. The quantitative estimate of drug-likeness (QED) is 0.571. The smallest absolute Gasteiger partial charge is 0.269 e. The van der Waals surface area contributed by atoms with Crippen LogP contribution in [0.15, 0.2) is 48.5 Å². The van der Waals surface area contributed by atoms with E-state index in [4.69, 9.17) is 9.47 Å². The maximum Gasteiger partial charge on any atom is 0.269 e. The molecule has 0 amide bonds. The van der Waals surface area contributed by atoms with Gasteiger partial charge in [-0.25, -0.2) is 0 Å². The highest BCUT2D eigenvalue weighted by Crippen LogP contribution is 2.27. The van der Waals surface area contributed by atoms with E-state index in [1.807, 2.05) is 31.2 Å². The SMILES string of the molecule is CCCOc1ccccc1OCc1cccc([N+](=O)[O-])c1. The molecule has 0 aliphatic carbocycles. The minimum Gasteiger partial charge on any atom is -0.490 e. The molecule has 0 aliphatic rings. The standard InChI is InChI=1S/C16H17NO4/c1-2-10-20-15-8-3-4-9-16(15)21-12-13-6-5-7-14(11-13)17(18)19/h3-9,11H,2,10,12H2,1H3. The Balaban J connectivity index is 2.06. The number of rotatable bonds is 7. The Morgan fingerprint density at radius 2 is 1.76 bits per heavy atom. The van der Waals surface area contributed by atoms with Crippen LogP contribution in [0, 0.1) is 10.1 Å². The lowest BCUT2D eigenvalue weighted by molar-refractivity contribution is -0.384. The molecule has 0 unspecified atom stereocenters. The molecular weight excluding hydrogens is 270 g/mol. The molecule has 2 aromatic rings. The van der Waals surface area contributed by atoms with E-state index >= 15 is 0 Å². The molecule has 0 saturated carbocycles. The highest BCUT2D eigenvalue weighted by Gasteiger charge is 2.08. The highest BCUT2D eigenvalue weighted by molar-refractivity contribution is 5.40. The molecule has 110 valence electrons. The van der Waals surface area contributed by atoms with Crippen LogP contribution < -0.4 is 9.47 Å². The summed E-state index contributed by atoms with van der Waals surface area (Å²) in [6.45, 7) is 2.91. The molecule has 0 bridgehead atoms. The highest BCUT2D eigenvalue weighted by atomic mass is 16.6. The number of benzene rings is 2. The number of nitro groups is 1. The average molecular weight is 287 g/mol. The van der Waals surface area contributed by atoms with Gasteiger partial charge in [0.2, 0.25) is 0 Å². The lowest BCUT2D eigenvalue weighted by Gasteiger charge is -2.12. The molecule has 0 spiro atoms. The molecule has 0 aliphatic heterocycles. The number of nitrogens with zero attached hydrogens (tertiary/aromatic N) is 1. The van der Waals surface area contributed by atoms with E-state index in [-0.39, 0.29) is 12.3 Å². The van der Waals surface area contributed by atoms with Crippen LogP contribution in [-0.2, 0) is 6.61 Å². The van der Waals surface area contributed by atoms with Crippen LogP contribution in [0.1, 0.15) is 18.9 Å². The first kappa shape index (κ1) is 14.8. The number of hydrogen-bond donors (Lipinski definition) is 0. The van der Waals surface area contributed by atoms with E-state index in [0.717, 1.165) is 12.0 Å². The summed E-state index contributed by atoms with van der Waals surface area (Å²) in [5.74, 6) is 1.32. The van der Waals surface area contributed by atoms with E-state index in [9.17, 15) is 10.1 Å². The third kappa shape index (κ3) is 4.21. The van der Waals surface area contributed by atoms with Crippen molar-refractivity contribution >= 4 is 5.69 Å². The minimum atomic E-state index is -0.415. The third-order valence-electron chi connectivity index (χ3n) is 2.83. The first-order chi connectivity index (χ1) is 10.2. The van der Waals surface area contributed by atoms with Crippen molar-refractivity contribution in [1.82, 2.24) is 0 Å². The number of hydrogen-bond acceptors (Lipinski definition) is 4. The van der Waals surface area contributed by atoms with E-state index < -0.39 is 4.92 Å². The lowest BCUT2D eigenvalue weighted by atomic mass is 10.2. The van der Waals surface area contributed by atoms with E-state index in [1.54, 1.807) is 12.1 Å². The fraction of sp³-hybridized carbons (Fsp3) is 0.250. The van der Waals surface area contributed by atoms with Gasteiger partial charge in [0, 0.05) is 12.1 Å². The predicted molar refractivity (Wildman–Crippen MR) is 79.7 cm³/mol. The van der Waals surface area contributed by atoms with Gasteiger partial charge in [0.1, 0.15) is 6.61 Å². The van der Waals surface area contributed by atoms with Crippen molar-refractivity contribution in [3.8, 4) is 11.5 Å². The predicted octanol–water partition coefficient (Wildman–Crippen LogP) is 3.96. The summed E-state index contributed by atoms with van der Waals surface area (Å²) in [5.41, 5.74) is 0.807. The van der Waals surface area contributed by atoms with Crippen LogP contribution in [0.2, 0.25) is 0 Å². The van der Waals surface area contributed by atoms with Crippen molar-refractivity contribution in [1.29, 1.82) is 0 Å². The first-order valence-corrected chi connectivity index (χ1v) is 6.78. The van der Waals surface area contributed by atoms with Gasteiger partial charge in [-0.1, -0.05) is 31.2 Å². The summed E-state index contributed by atoms with van der Waals surface area (Å²) in [5, 5.41) is 10.7. The molecule has 0 fully saturated rings. The van der Waals surface area contributed by atoms with Gasteiger partial charge in [0.05, 0.1) is 11.5 Å². The average Bonchev–Trinajstić information content (AvgIpc) is 2.52. The maximum absolute atomic E-state index is 10.7. The van der Waals surface area contributed by atoms with Gasteiger partial charge in [0.25, 0.3) is 5.69 Å². The lowest BCUT2D eigenvalue weighted by Crippen LogP contribution is -2.01. The Bertz CT molecular complexity index is 613. The van der Waals surface area contributed by atoms with Crippen molar-refractivity contribution in [3.63, 3.8) is 0 Å². The Kier molecular flexibility index (Phi) is 5.15. The molecule has 0 aromatic heterocycles. The van der Waals surface area contributed by atoms with Gasteiger partial charge in [-0.05, 0) is 24.1 Å². The topological polar surface area (TPSA) is 61.6 Å². The molecule has 0 radical (unpaired) electrons. The largest absolute Gasteiger partial charge is 0.490 e. The molecular formula is C16H17NO4. The monoisotopic (exact) mass is 287 g/mol. The summed E-state index contributed by atoms with van der Waals surface area (Å²) in [7, 11) is 0. The van der Waals surface area contributed by atoms with Crippen LogP contribution in [0.5, 0.6) is 11.5 Å². The fourth-order valence-corrected chi connectivity index (χ4v) is 1.82. The van der Waals surface area contributed by atoms with Crippen molar-refractivity contribution in [2.75, 3.05) is 6.61 Å². The summed E-state index contributed by atoms with van der Waals surface area (Å²) >= 11 is 0. The van der Waals surface area contributed by atoms with Gasteiger partial charge in [-0.15, -0.1) is 0 Å². The van der Waals surface area contributed by atoms with Gasteiger partial charge < -0.3 is 9.47 Å². The maximum atomic E-state index is 10.7. The molecule has 2 aromatic carbocycles. The Morgan fingerprint density at radius 3 is 2.43 bits per heavy atom. The van der Waals surface area contributed by atoms with Gasteiger partial charge in [0.15, 0.2) is 11.5 Å².